The number of nitrogens with zero attached hydrogens (tertiary/aromatic N) is 2. The van der Waals surface area contributed by atoms with E-state index < -0.39 is 0 Å². The third-order valence-corrected chi connectivity index (χ3v) is 3.27. The smallest absolute Gasteiger partial charge is 0.178 e. The summed E-state index contributed by atoms with van der Waals surface area (Å²) in [4.78, 5) is 17.4. The molecule has 0 saturated heterocycles. The molecule has 0 unspecified atom stereocenters. The second kappa shape index (κ2) is 4.64. The van der Waals surface area contributed by atoms with Gasteiger partial charge in [0.05, 0.1) is 11.9 Å². The lowest BCUT2D eigenvalue weighted by atomic mass is 9.99. The third kappa shape index (κ3) is 2.60. The molecule has 0 fully saturated rings. The van der Waals surface area contributed by atoms with Crippen molar-refractivity contribution in [3.63, 3.8) is 0 Å². The molecule has 0 radical (unpaired) electrons. The Morgan fingerprint density at radius 3 is 2.44 bits per heavy atom. The monoisotopic (exact) mass is 220 g/mol. The van der Waals surface area contributed by atoms with Gasteiger partial charge in [-0.15, -0.1) is 0 Å². The molecule has 88 valence electrons. The second-order valence-electron chi connectivity index (χ2n) is 4.68. The van der Waals surface area contributed by atoms with Crippen LogP contribution in [0, 0.1) is 0 Å². The number of carbonyl (C=O) groups is 1. The van der Waals surface area contributed by atoms with Crippen molar-refractivity contribution in [1.82, 2.24) is 4.98 Å². The number of ketones is 1. The molecular formula is C13H20N2O. The number of carbonyl (C=O) groups excluding carboxylic acids is 1. The highest BCUT2D eigenvalue weighted by atomic mass is 16.1. The summed E-state index contributed by atoms with van der Waals surface area (Å²) in [6, 6.07) is 3.72. The van der Waals surface area contributed by atoms with Gasteiger partial charge in [-0.3, -0.25) is 9.78 Å². The summed E-state index contributed by atoms with van der Waals surface area (Å²) in [6.07, 6.45) is 2.81. The van der Waals surface area contributed by atoms with E-state index in [2.05, 4.69) is 30.7 Å². The van der Waals surface area contributed by atoms with Crippen molar-refractivity contribution in [2.45, 2.75) is 39.7 Å². The SMILES string of the molecule is CCC(C)(C)N(C)c1ccc(C(C)=O)nc1. The van der Waals surface area contributed by atoms with E-state index in [0.717, 1.165) is 12.1 Å². The summed E-state index contributed by atoms with van der Waals surface area (Å²) in [7, 11) is 2.05. The first-order chi connectivity index (χ1) is 7.38. The maximum atomic E-state index is 11.1. The van der Waals surface area contributed by atoms with E-state index in [-0.39, 0.29) is 11.3 Å². The molecule has 3 heteroatoms. The van der Waals surface area contributed by atoms with Crippen molar-refractivity contribution in [3.8, 4) is 0 Å². The Bertz CT molecular complexity index is 368. The van der Waals surface area contributed by atoms with Gasteiger partial charge in [-0.25, -0.2) is 0 Å². The van der Waals surface area contributed by atoms with E-state index in [9.17, 15) is 4.79 Å². The van der Waals surface area contributed by atoms with E-state index >= 15 is 0 Å². The lowest BCUT2D eigenvalue weighted by Gasteiger charge is -2.36. The molecule has 0 aliphatic rings. The Balaban J connectivity index is 2.94. The van der Waals surface area contributed by atoms with Crippen molar-refractivity contribution >= 4 is 11.5 Å². The highest BCUT2D eigenvalue weighted by Crippen LogP contribution is 2.23. The van der Waals surface area contributed by atoms with Gasteiger partial charge < -0.3 is 4.90 Å². The molecule has 0 aliphatic carbocycles. The molecule has 0 atom stereocenters. The molecule has 1 heterocycles. The van der Waals surface area contributed by atoms with Crippen molar-refractivity contribution < 1.29 is 4.79 Å². The van der Waals surface area contributed by atoms with E-state index in [1.165, 1.54) is 6.92 Å². The highest BCUT2D eigenvalue weighted by molar-refractivity contribution is 5.92. The predicted octanol–water partition coefficient (Wildman–Crippen LogP) is 2.91. The Morgan fingerprint density at radius 1 is 1.44 bits per heavy atom. The van der Waals surface area contributed by atoms with E-state index in [4.69, 9.17) is 0 Å². The van der Waals surface area contributed by atoms with Gasteiger partial charge in [0.15, 0.2) is 5.78 Å². The fraction of sp³-hybridized carbons (Fsp3) is 0.538. The minimum absolute atomic E-state index is 0.00366. The van der Waals surface area contributed by atoms with E-state index in [1.807, 2.05) is 13.1 Å². The first-order valence-electron chi connectivity index (χ1n) is 5.59. The summed E-state index contributed by atoms with van der Waals surface area (Å²) in [5.74, 6) is 0.00366. The third-order valence-electron chi connectivity index (χ3n) is 3.27. The molecule has 16 heavy (non-hydrogen) atoms. The molecule has 3 nitrogen and oxygen atoms in total. The molecule has 0 aromatic carbocycles. The van der Waals surface area contributed by atoms with Gasteiger partial charge in [-0.2, -0.15) is 0 Å². The van der Waals surface area contributed by atoms with E-state index in [1.54, 1.807) is 12.3 Å². The molecule has 0 aliphatic heterocycles. The van der Waals surface area contributed by atoms with Crippen molar-refractivity contribution in [3.05, 3.63) is 24.0 Å². The maximum absolute atomic E-state index is 11.1. The van der Waals surface area contributed by atoms with Crippen molar-refractivity contribution in [2.75, 3.05) is 11.9 Å². The average molecular weight is 220 g/mol. The largest absolute Gasteiger partial charge is 0.368 e. The summed E-state index contributed by atoms with van der Waals surface area (Å²) in [5, 5.41) is 0. The Hall–Kier alpha value is -1.38. The van der Waals surface area contributed by atoms with Crippen LogP contribution in [0.4, 0.5) is 5.69 Å². The van der Waals surface area contributed by atoms with Crippen LogP contribution >= 0.6 is 0 Å². The quantitative estimate of drug-likeness (QED) is 0.731. The van der Waals surface area contributed by atoms with Crippen molar-refractivity contribution in [2.24, 2.45) is 0 Å². The first kappa shape index (κ1) is 12.7. The van der Waals surface area contributed by atoms with Gasteiger partial charge in [0.1, 0.15) is 5.69 Å². The van der Waals surface area contributed by atoms with Crippen LogP contribution < -0.4 is 4.90 Å². The molecule has 0 N–H and O–H groups in total. The highest BCUT2D eigenvalue weighted by Gasteiger charge is 2.21. The molecule has 1 aromatic heterocycles. The number of Topliss-reactive ketones (excluding diaryl/α,β-unsaturated/α-hetero) is 1. The fourth-order valence-corrected chi connectivity index (χ4v) is 1.38. The first-order valence-corrected chi connectivity index (χ1v) is 5.59. The van der Waals surface area contributed by atoms with Crippen LogP contribution in [0.25, 0.3) is 0 Å². The zero-order chi connectivity index (χ0) is 12.3. The van der Waals surface area contributed by atoms with Gasteiger partial charge in [0.2, 0.25) is 0 Å². The summed E-state index contributed by atoms with van der Waals surface area (Å²) >= 11 is 0. The van der Waals surface area contributed by atoms with Crippen LogP contribution in [-0.4, -0.2) is 23.4 Å². The van der Waals surface area contributed by atoms with Gasteiger partial charge >= 0.3 is 0 Å². The molecule has 0 saturated carbocycles. The summed E-state index contributed by atoms with van der Waals surface area (Å²) < 4.78 is 0. The number of hydrogen-bond acceptors (Lipinski definition) is 3. The molecule has 0 spiro atoms. The lowest BCUT2D eigenvalue weighted by molar-refractivity contribution is 0.101. The summed E-state index contributed by atoms with van der Waals surface area (Å²) in [6.45, 7) is 8.06. The summed E-state index contributed by atoms with van der Waals surface area (Å²) in [5.41, 5.74) is 1.66. The lowest BCUT2D eigenvalue weighted by Crippen LogP contribution is -2.40. The number of anilines is 1. The van der Waals surface area contributed by atoms with Crippen LogP contribution in [0.2, 0.25) is 0 Å². The number of hydrogen-bond donors (Lipinski definition) is 0. The second-order valence-corrected chi connectivity index (χ2v) is 4.68. The van der Waals surface area contributed by atoms with E-state index in [0.29, 0.717) is 5.69 Å². The Morgan fingerprint density at radius 2 is 2.06 bits per heavy atom. The van der Waals surface area contributed by atoms with Crippen LogP contribution in [0.15, 0.2) is 18.3 Å². The van der Waals surface area contributed by atoms with Gasteiger partial charge in [0.25, 0.3) is 0 Å². The van der Waals surface area contributed by atoms with Gasteiger partial charge in [-0.05, 0) is 32.4 Å². The average Bonchev–Trinajstić information content (AvgIpc) is 2.28. The maximum Gasteiger partial charge on any atom is 0.178 e. The zero-order valence-corrected chi connectivity index (χ0v) is 10.7. The molecular weight excluding hydrogens is 200 g/mol. The topological polar surface area (TPSA) is 33.2 Å². The fourth-order valence-electron chi connectivity index (χ4n) is 1.38. The molecule has 1 rings (SSSR count). The minimum Gasteiger partial charge on any atom is -0.368 e. The minimum atomic E-state index is 0.00366. The Labute approximate surface area is 97.5 Å². The van der Waals surface area contributed by atoms with Gasteiger partial charge in [0, 0.05) is 19.5 Å². The number of aromatic nitrogens is 1. The van der Waals surface area contributed by atoms with Crippen LogP contribution in [0.3, 0.4) is 0 Å². The standard InChI is InChI=1S/C13H20N2O/c1-6-13(3,4)15(5)11-7-8-12(10(2)16)14-9-11/h7-9H,6H2,1-5H3. The van der Waals surface area contributed by atoms with Crippen molar-refractivity contribution in [1.29, 1.82) is 0 Å². The van der Waals surface area contributed by atoms with Gasteiger partial charge in [-0.1, -0.05) is 6.92 Å². The van der Waals surface area contributed by atoms with Crippen LogP contribution in [0.1, 0.15) is 44.6 Å². The zero-order valence-electron chi connectivity index (χ0n) is 10.7. The Kier molecular flexibility index (Phi) is 3.68. The molecule has 0 bridgehead atoms. The molecule has 1 aromatic rings. The van der Waals surface area contributed by atoms with Crippen LogP contribution in [0.5, 0.6) is 0 Å². The molecule has 0 amide bonds. The predicted molar refractivity (Wildman–Crippen MR) is 67.0 cm³/mol. The normalized spacial score (nSPS) is 11.3. The van der Waals surface area contributed by atoms with Crippen LogP contribution in [-0.2, 0) is 0 Å². The number of pyridine rings is 1. The number of rotatable bonds is 4.